The summed E-state index contributed by atoms with van der Waals surface area (Å²) in [7, 11) is 0. The fraction of sp³-hybridized carbons (Fsp3) is 0.500. The van der Waals surface area contributed by atoms with Crippen molar-refractivity contribution < 1.29 is 9.90 Å². The molecule has 0 radical (unpaired) electrons. The van der Waals surface area contributed by atoms with Crippen LogP contribution in [0.1, 0.15) is 36.0 Å². The molecule has 0 aromatic carbocycles. The Morgan fingerprint density at radius 2 is 1.82 bits per heavy atom. The lowest BCUT2D eigenvalue weighted by molar-refractivity contribution is 0.0761. The normalized spacial score (nSPS) is 16.6. The van der Waals surface area contributed by atoms with Crippen molar-refractivity contribution in [3.05, 3.63) is 28.0 Å². The molecular formula is C12H16N2O3. The summed E-state index contributed by atoms with van der Waals surface area (Å²) in [6, 6.07) is 2.53. The Morgan fingerprint density at radius 3 is 2.41 bits per heavy atom. The summed E-state index contributed by atoms with van der Waals surface area (Å²) in [5.41, 5.74) is -0.198. The summed E-state index contributed by atoms with van der Waals surface area (Å²) in [5, 5.41) is 9.27. The van der Waals surface area contributed by atoms with Gasteiger partial charge in [0.25, 0.3) is 11.5 Å². The van der Waals surface area contributed by atoms with Crippen LogP contribution in [0.5, 0.6) is 5.88 Å². The molecule has 1 aliphatic rings. The molecule has 17 heavy (non-hydrogen) atoms. The largest absolute Gasteiger partial charge is 0.494 e. The number of aromatic hydroxyl groups is 1. The molecule has 0 bridgehead atoms. The van der Waals surface area contributed by atoms with E-state index in [2.05, 4.69) is 4.98 Å². The van der Waals surface area contributed by atoms with Gasteiger partial charge < -0.3 is 10.0 Å². The molecule has 0 spiro atoms. The first-order valence-corrected chi connectivity index (χ1v) is 5.89. The minimum atomic E-state index is -0.455. The zero-order chi connectivity index (χ0) is 12.3. The lowest BCUT2D eigenvalue weighted by atomic mass is 10.2. The molecule has 1 amide bonds. The van der Waals surface area contributed by atoms with E-state index in [1.54, 1.807) is 4.90 Å². The Kier molecular flexibility index (Phi) is 3.46. The number of carbonyl (C=O) groups is 1. The molecule has 1 aliphatic heterocycles. The van der Waals surface area contributed by atoms with Gasteiger partial charge in [-0.15, -0.1) is 0 Å². The van der Waals surface area contributed by atoms with Crippen molar-refractivity contribution in [2.75, 3.05) is 13.1 Å². The zero-order valence-electron chi connectivity index (χ0n) is 9.61. The van der Waals surface area contributed by atoms with Gasteiger partial charge in [-0.25, -0.2) is 0 Å². The van der Waals surface area contributed by atoms with Crippen LogP contribution in [0.3, 0.4) is 0 Å². The second-order valence-corrected chi connectivity index (χ2v) is 4.32. The number of hydrogen-bond acceptors (Lipinski definition) is 3. The molecule has 2 heterocycles. The van der Waals surface area contributed by atoms with E-state index < -0.39 is 5.56 Å². The van der Waals surface area contributed by atoms with Crippen LogP contribution < -0.4 is 5.56 Å². The number of pyridine rings is 1. The van der Waals surface area contributed by atoms with Crippen LogP contribution >= 0.6 is 0 Å². The molecule has 2 N–H and O–H groups in total. The van der Waals surface area contributed by atoms with Gasteiger partial charge in [0.1, 0.15) is 0 Å². The predicted octanol–water partition coefficient (Wildman–Crippen LogP) is 1.10. The minimum Gasteiger partial charge on any atom is -0.494 e. The molecule has 5 nitrogen and oxygen atoms in total. The van der Waals surface area contributed by atoms with Gasteiger partial charge in [0, 0.05) is 25.2 Å². The van der Waals surface area contributed by atoms with Crippen molar-refractivity contribution in [1.29, 1.82) is 0 Å². The third-order valence-corrected chi connectivity index (χ3v) is 2.97. The number of aromatic amines is 1. The van der Waals surface area contributed by atoms with Crippen molar-refractivity contribution in [2.45, 2.75) is 25.7 Å². The average Bonchev–Trinajstić information content (AvgIpc) is 2.55. The molecule has 0 unspecified atom stereocenters. The Labute approximate surface area is 99.1 Å². The molecular weight excluding hydrogens is 220 g/mol. The first-order chi connectivity index (χ1) is 8.16. The Morgan fingerprint density at radius 1 is 1.18 bits per heavy atom. The third-order valence-electron chi connectivity index (χ3n) is 2.97. The Hall–Kier alpha value is -1.78. The van der Waals surface area contributed by atoms with Gasteiger partial charge >= 0.3 is 0 Å². The number of rotatable bonds is 1. The van der Waals surface area contributed by atoms with Crippen molar-refractivity contribution >= 4 is 5.91 Å². The maximum atomic E-state index is 12.1. The number of carbonyl (C=O) groups excluding carboxylic acids is 1. The lowest BCUT2D eigenvalue weighted by Crippen LogP contribution is -2.32. The first-order valence-electron chi connectivity index (χ1n) is 5.89. The van der Waals surface area contributed by atoms with E-state index in [1.807, 2.05) is 0 Å². The van der Waals surface area contributed by atoms with Crippen molar-refractivity contribution in [1.82, 2.24) is 9.88 Å². The summed E-state index contributed by atoms with van der Waals surface area (Å²) < 4.78 is 0. The van der Waals surface area contributed by atoms with E-state index in [4.69, 9.17) is 0 Å². The minimum absolute atomic E-state index is 0.173. The van der Waals surface area contributed by atoms with Crippen LogP contribution in [-0.4, -0.2) is 34.0 Å². The van der Waals surface area contributed by atoms with E-state index in [-0.39, 0.29) is 17.4 Å². The molecule has 5 heteroatoms. The highest BCUT2D eigenvalue weighted by molar-refractivity contribution is 5.94. The molecule has 1 saturated heterocycles. The summed E-state index contributed by atoms with van der Waals surface area (Å²) >= 11 is 0. The molecule has 2 rings (SSSR count). The number of amides is 1. The summed E-state index contributed by atoms with van der Waals surface area (Å²) in [6.45, 7) is 1.46. The van der Waals surface area contributed by atoms with Gasteiger partial charge in [-0.05, 0) is 12.8 Å². The zero-order valence-corrected chi connectivity index (χ0v) is 9.61. The lowest BCUT2D eigenvalue weighted by Gasteiger charge is -2.20. The van der Waals surface area contributed by atoms with E-state index in [0.717, 1.165) is 38.8 Å². The summed E-state index contributed by atoms with van der Waals surface area (Å²) in [5.74, 6) is -0.441. The molecule has 0 atom stereocenters. The molecule has 0 aliphatic carbocycles. The van der Waals surface area contributed by atoms with E-state index in [1.165, 1.54) is 12.1 Å². The maximum Gasteiger partial charge on any atom is 0.254 e. The molecule has 92 valence electrons. The van der Waals surface area contributed by atoms with Gasteiger partial charge in [-0.3, -0.25) is 14.6 Å². The smallest absolute Gasteiger partial charge is 0.254 e. The van der Waals surface area contributed by atoms with Crippen molar-refractivity contribution in [3.63, 3.8) is 0 Å². The van der Waals surface area contributed by atoms with Crippen LogP contribution in [0.2, 0.25) is 0 Å². The van der Waals surface area contributed by atoms with E-state index >= 15 is 0 Å². The third kappa shape index (κ3) is 2.87. The second kappa shape index (κ2) is 5.03. The molecule has 0 saturated carbocycles. The molecule has 1 aromatic heterocycles. The van der Waals surface area contributed by atoms with Gasteiger partial charge in [-0.2, -0.15) is 0 Å². The van der Waals surface area contributed by atoms with Gasteiger partial charge in [-0.1, -0.05) is 12.8 Å². The number of hydrogen-bond donors (Lipinski definition) is 2. The number of H-pyrrole nitrogens is 1. The fourth-order valence-electron chi connectivity index (χ4n) is 2.11. The summed E-state index contributed by atoms with van der Waals surface area (Å²) in [6.07, 6.45) is 4.29. The maximum absolute atomic E-state index is 12.1. The first kappa shape index (κ1) is 11.7. The summed E-state index contributed by atoms with van der Waals surface area (Å²) in [4.78, 5) is 27.3. The number of likely N-dealkylation sites (tertiary alicyclic amines) is 1. The van der Waals surface area contributed by atoms with Crippen LogP contribution in [0.4, 0.5) is 0 Å². The Bertz CT molecular complexity index is 459. The number of nitrogens with zero attached hydrogens (tertiary/aromatic N) is 1. The van der Waals surface area contributed by atoms with Crippen LogP contribution in [0, 0.1) is 0 Å². The van der Waals surface area contributed by atoms with E-state index in [0.29, 0.717) is 0 Å². The van der Waals surface area contributed by atoms with Crippen LogP contribution in [0.25, 0.3) is 0 Å². The van der Waals surface area contributed by atoms with Crippen LogP contribution in [0.15, 0.2) is 16.9 Å². The molecule has 1 aromatic rings. The second-order valence-electron chi connectivity index (χ2n) is 4.32. The monoisotopic (exact) mass is 236 g/mol. The Balaban J connectivity index is 2.20. The fourth-order valence-corrected chi connectivity index (χ4v) is 2.11. The highest BCUT2D eigenvalue weighted by Gasteiger charge is 2.18. The van der Waals surface area contributed by atoms with Crippen LogP contribution in [-0.2, 0) is 0 Å². The van der Waals surface area contributed by atoms with Crippen molar-refractivity contribution in [2.24, 2.45) is 0 Å². The van der Waals surface area contributed by atoms with E-state index in [9.17, 15) is 14.7 Å². The highest BCUT2D eigenvalue weighted by atomic mass is 16.3. The quantitative estimate of drug-likeness (QED) is 0.766. The van der Waals surface area contributed by atoms with Gasteiger partial charge in [0.05, 0.1) is 5.56 Å². The SMILES string of the molecule is O=C(c1cc(O)[nH]c(=O)c1)N1CCCCCC1. The molecule has 1 fully saturated rings. The number of nitrogens with one attached hydrogen (secondary N) is 1. The topological polar surface area (TPSA) is 73.4 Å². The van der Waals surface area contributed by atoms with Crippen molar-refractivity contribution in [3.8, 4) is 5.88 Å². The van der Waals surface area contributed by atoms with Gasteiger partial charge in [0.15, 0.2) is 5.88 Å². The van der Waals surface area contributed by atoms with Gasteiger partial charge in [0.2, 0.25) is 0 Å². The standard InChI is InChI=1S/C12H16N2O3/c15-10-7-9(8-11(16)13-10)12(17)14-5-3-1-2-4-6-14/h7-8H,1-6H2,(H2,13,15,16). The highest BCUT2D eigenvalue weighted by Crippen LogP contribution is 2.14. The number of aromatic nitrogens is 1. The predicted molar refractivity (Wildman–Crippen MR) is 63.1 cm³/mol. The average molecular weight is 236 g/mol.